The zero-order valence-corrected chi connectivity index (χ0v) is 17.1. The molecule has 5 saturated carbocycles. The topological polar surface area (TPSA) is 69.7 Å². The Bertz CT molecular complexity index is 801. The van der Waals surface area contributed by atoms with Gasteiger partial charge in [-0.15, -0.1) is 0 Å². The van der Waals surface area contributed by atoms with Gasteiger partial charge in [0.1, 0.15) is 11.9 Å². The first-order valence-electron chi connectivity index (χ1n) is 10.7. The Kier molecular flexibility index (Phi) is 3.60. The second-order valence-corrected chi connectivity index (χ2v) is 10.3. The number of ketones is 1. The largest absolute Gasteiger partial charge is 0.469 e. The molecule has 5 aliphatic rings. The van der Waals surface area contributed by atoms with Crippen LogP contribution in [0, 0.1) is 39.9 Å². The van der Waals surface area contributed by atoms with Gasteiger partial charge >= 0.3 is 11.9 Å². The summed E-state index contributed by atoms with van der Waals surface area (Å²) >= 11 is 0. The molecule has 0 aromatic heterocycles. The highest BCUT2D eigenvalue weighted by atomic mass is 16.5. The lowest BCUT2D eigenvalue weighted by atomic mass is 9.57. The number of carbonyl (C=O) groups excluding carboxylic acids is 3. The van der Waals surface area contributed by atoms with Gasteiger partial charge in [0.15, 0.2) is 0 Å². The molecule has 5 nitrogen and oxygen atoms in total. The van der Waals surface area contributed by atoms with Crippen LogP contribution in [0.5, 0.6) is 0 Å². The van der Waals surface area contributed by atoms with E-state index >= 15 is 0 Å². The number of allylic oxidation sites excluding steroid dienone is 1. The molecular weight excluding hydrogens is 356 g/mol. The first-order chi connectivity index (χ1) is 13.2. The van der Waals surface area contributed by atoms with E-state index in [0.717, 1.165) is 32.1 Å². The van der Waals surface area contributed by atoms with Crippen LogP contribution >= 0.6 is 0 Å². The first-order valence-corrected chi connectivity index (χ1v) is 10.7. The van der Waals surface area contributed by atoms with Crippen molar-refractivity contribution in [2.75, 3.05) is 7.11 Å². The van der Waals surface area contributed by atoms with Crippen molar-refractivity contribution in [2.24, 2.45) is 39.9 Å². The van der Waals surface area contributed by atoms with Crippen LogP contribution in [0.15, 0.2) is 12.2 Å². The third kappa shape index (κ3) is 1.87. The highest BCUT2D eigenvalue weighted by molar-refractivity contribution is 5.92. The number of hydrogen-bond donors (Lipinski definition) is 0. The number of ether oxygens (including phenoxy) is 2. The predicted octanol–water partition coefficient (Wildman–Crippen LogP) is 3.46. The van der Waals surface area contributed by atoms with Crippen LogP contribution < -0.4 is 0 Å². The highest BCUT2D eigenvalue weighted by Crippen LogP contribution is 2.81. The Labute approximate surface area is 166 Å². The molecule has 5 fully saturated rings. The second-order valence-electron chi connectivity index (χ2n) is 10.3. The number of rotatable bonds is 2. The molecule has 0 unspecified atom stereocenters. The summed E-state index contributed by atoms with van der Waals surface area (Å²) in [6, 6.07) is 0. The second kappa shape index (κ2) is 5.48. The molecular formula is C23H30O5. The molecule has 8 atom stereocenters. The molecule has 0 heterocycles. The van der Waals surface area contributed by atoms with E-state index in [1.807, 2.05) is 6.92 Å². The standard InChI is InChI=1S/C23H30O5/c1-12-9-23-10-14(12)5-6-15(23)22-8-7-17(28-13(2)24)21(3,16(25)11-22)19(22)18(23)20(26)27-4/h14-15,17-19H,1,5-11H2,2-4H3/t14-,15+,17+,18-,19-,21-,22-,23+/m1/s1. The molecule has 0 aromatic rings. The third-order valence-electron chi connectivity index (χ3n) is 9.56. The summed E-state index contributed by atoms with van der Waals surface area (Å²) in [5, 5.41) is 0. The van der Waals surface area contributed by atoms with Gasteiger partial charge in [-0.2, -0.15) is 0 Å². The number of methoxy groups -OCH3 is 1. The molecule has 5 aliphatic carbocycles. The lowest BCUT2D eigenvalue weighted by Crippen LogP contribution is -2.52. The Morgan fingerprint density at radius 1 is 1.14 bits per heavy atom. The molecule has 5 heteroatoms. The maximum atomic E-state index is 13.4. The van der Waals surface area contributed by atoms with Crippen molar-refractivity contribution in [3.63, 3.8) is 0 Å². The van der Waals surface area contributed by atoms with E-state index in [0.29, 0.717) is 24.7 Å². The molecule has 4 bridgehead atoms. The van der Waals surface area contributed by atoms with Crippen LogP contribution in [0.25, 0.3) is 0 Å². The van der Waals surface area contributed by atoms with Crippen LogP contribution in [0.2, 0.25) is 0 Å². The van der Waals surface area contributed by atoms with Crippen molar-refractivity contribution in [2.45, 2.75) is 64.9 Å². The van der Waals surface area contributed by atoms with Gasteiger partial charge in [-0.3, -0.25) is 14.4 Å². The van der Waals surface area contributed by atoms with Crippen molar-refractivity contribution < 1.29 is 23.9 Å². The average Bonchev–Trinajstić information content (AvgIpc) is 3.10. The van der Waals surface area contributed by atoms with E-state index < -0.39 is 11.5 Å². The van der Waals surface area contributed by atoms with E-state index in [1.165, 1.54) is 19.6 Å². The summed E-state index contributed by atoms with van der Waals surface area (Å²) in [7, 11) is 1.46. The van der Waals surface area contributed by atoms with Crippen molar-refractivity contribution in [3.8, 4) is 0 Å². The molecule has 0 N–H and O–H groups in total. The van der Waals surface area contributed by atoms with E-state index in [9.17, 15) is 14.4 Å². The maximum Gasteiger partial charge on any atom is 0.309 e. The number of carbonyl (C=O) groups is 3. The van der Waals surface area contributed by atoms with E-state index in [1.54, 1.807) is 0 Å². The fourth-order valence-corrected chi connectivity index (χ4v) is 8.88. The summed E-state index contributed by atoms with van der Waals surface area (Å²) in [6.07, 6.45) is 5.70. The minimum Gasteiger partial charge on any atom is -0.469 e. The molecule has 0 radical (unpaired) electrons. The predicted molar refractivity (Wildman–Crippen MR) is 101 cm³/mol. The lowest BCUT2D eigenvalue weighted by molar-refractivity contribution is -0.170. The van der Waals surface area contributed by atoms with E-state index in [2.05, 4.69) is 6.58 Å². The van der Waals surface area contributed by atoms with Gasteiger partial charge in [0, 0.05) is 13.3 Å². The molecule has 152 valence electrons. The fraction of sp³-hybridized carbons (Fsp3) is 0.783. The minimum atomic E-state index is -0.797. The van der Waals surface area contributed by atoms with Crippen LogP contribution in [-0.4, -0.2) is 30.9 Å². The molecule has 0 amide bonds. The van der Waals surface area contributed by atoms with Crippen molar-refractivity contribution in [1.82, 2.24) is 0 Å². The summed E-state index contributed by atoms with van der Waals surface area (Å²) in [4.78, 5) is 38.4. The number of Topliss-reactive ketones (excluding diaryl/α,β-unsaturated/α-hetero) is 1. The summed E-state index contributed by atoms with van der Waals surface area (Å²) < 4.78 is 11.0. The first kappa shape index (κ1) is 18.4. The summed E-state index contributed by atoms with van der Waals surface area (Å²) in [5.74, 6) is 0.0727. The quantitative estimate of drug-likeness (QED) is 0.537. The zero-order valence-electron chi connectivity index (χ0n) is 17.1. The van der Waals surface area contributed by atoms with Crippen molar-refractivity contribution in [3.05, 3.63) is 12.2 Å². The normalized spacial score (nSPS) is 50.9. The Morgan fingerprint density at radius 2 is 1.89 bits per heavy atom. The molecule has 28 heavy (non-hydrogen) atoms. The molecule has 0 aromatic carbocycles. The number of fused-ring (bicyclic) bond motifs is 1. The molecule has 0 aliphatic heterocycles. The number of esters is 2. The third-order valence-corrected chi connectivity index (χ3v) is 9.56. The number of hydrogen-bond acceptors (Lipinski definition) is 5. The highest BCUT2D eigenvalue weighted by Gasteiger charge is 2.81. The smallest absolute Gasteiger partial charge is 0.309 e. The summed E-state index contributed by atoms with van der Waals surface area (Å²) in [6.45, 7) is 7.71. The monoisotopic (exact) mass is 386 g/mol. The van der Waals surface area contributed by atoms with Gasteiger partial charge in [-0.05, 0) is 74.0 Å². The van der Waals surface area contributed by atoms with Gasteiger partial charge in [0.05, 0.1) is 18.4 Å². The van der Waals surface area contributed by atoms with E-state index in [4.69, 9.17) is 9.47 Å². The van der Waals surface area contributed by atoms with E-state index in [-0.39, 0.29) is 40.4 Å². The van der Waals surface area contributed by atoms with Gasteiger partial charge in [-0.25, -0.2) is 0 Å². The Hall–Kier alpha value is -1.65. The van der Waals surface area contributed by atoms with Crippen LogP contribution in [0.4, 0.5) is 0 Å². The zero-order chi connectivity index (χ0) is 20.1. The SMILES string of the molecule is C=C1C[C@]23C[C@H]1CC[C@H]2[C@@]12CC[C@H](OC(C)=O)[C@@](C)(C(=O)C1)[C@H]2[C@@H]3C(=O)OC. The van der Waals surface area contributed by atoms with Gasteiger partial charge in [-0.1, -0.05) is 12.2 Å². The Balaban J connectivity index is 1.70. The van der Waals surface area contributed by atoms with Crippen LogP contribution in [-0.2, 0) is 23.9 Å². The molecule has 5 rings (SSSR count). The lowest BCUT2D eigenvalue weighted by Gasteiger charge is -2.48. The average molecular weight is 386 g/mol. The van der Waals surface area contributed by atoms with Crippen LogP contribution in [0.3, 0.4) is 0 Å². The Morgan fingerprint density at radius 3 is 2.57 bits per heavy atom. The minimum absolute atomic E-state index is 0.104. The van der Waals surface area contributed by atoms with Crippen LogP contribution in [0.1, 0.15) is 58.8 Å². The summed E-state index contributed by atoms with van der Waals surface area (Å²) in [5.41, 5.74) is 0.186. The van der Waals surface area contributed by atoms with Gasteiger partial charge in [0.2, 0.25) is 0 Å². The van der Waals surface area contributed by atoms with Crippen molar-refractivity contribution in [1.29, 1.82) is 0 Å². The maximum absolute atomic E-state index is 13.4. The molecule has 1 spiro atoms. The molecule has 0 saturated heterocycles. The fourth-order valence-electron chi connectivity index (χ4n) is 8.88. The van der Waals surface area contributed by atoms with Gasteiger partial charge in [0.25, 0.3) is 0 Å². The van der Waals surface area contributed by atoms with Gasteiger partial charge < -0.3 is 9.47 Å². The van der Waals surface area contributed by atoms with Crippen molar-refractivity contribution >= 4 is 17.7 Å².